The second-order valence-electron chi connectivity index (χ2n) is 5.17. The maximum atomic E-state index is 12.3. The first-order valence-corrected chi connectivity index (χ1v) is 8.25. The normalized spacial score (nSPS) is 10.8. The lowest BCUT2D eigenvalue weighted by Gasteiger charge is -2.05. The van der Waals surface area contributed by atoms with E-state index in [2.05, 4.69) is 20.4 Å². The topological polar surface area (TPSA) is 72.7 Å². The number of benzene rings is 1. The van der Waals surface area contributed by atoms with Crippen LogP contribution in [0.4, 0.5) is 0 Å². The number of carbonyl (C=O) groups excluding carboxylic acids is 1. The van der Waals surface area contributed by atoms with E-state index in [0.717, 1.165) is 27.4 Å². The third-order valence-corrected chi connectivity index (χ3v) is 4.39. The number of amides is 1. The number of hydrogen-bond donors (Lipinski definition) is 1. The molecule has 0 aliphatic heterocycles. The van der Waals surface area contributed by atoms with Gasteiger partial charge in [-0.2, -0.15) is 0 Å². The lowest BCUT2D eigenvalue weighted by molar-refractivity contribution is -0.116. The van der Waals surface area contributed by atoms with Crippen LogP contribution in [-0.4, -0.2) is 25.5 Å². The van der Waals surface area contributed by atoms with E-state index in [1.807, 2.05) is 47.8 Å². The van der Waals surface area contributed by atoms with E-state index in [0.29, 0.717) is 0 Å². The van der Waals surface area contributed by atoms with Crippen molar-refractivity contribution >= 4 is 28.3 Å². The summed E-state index contributed by atoms with van der Waals surface area (Å²) in [5, 5.41) is 2.70. The molecular formula is C17H13N5OS. The van der Waals surface area contributed by atoms with Gasteiger partial charge in [-0.15, -0.1) is 11.3 Å². The fraction of sp³-hybridized carbons (Fsp3) is 0.0588. The summed E-state index contributed by atoms with van der Waals surface area (Å²) >= 11 is 1.48. The fourth-order valence-corrected chi connectivity index (χ4v) is 3.18. The van der Waals surface area contributed by atoms with Crippen molar-refractivity contribution in [1.82, 2.24) is 19.6 Å². The van der Waals surface area contributed by atoms with Crippen LogP contribution in [0, 0.1) is 0 Å². The monoisotopic (exact) mass is 335 g/mol. The molecule has 0 bridgehead atoms. The molecule has 4 rings (SSSR count). The van der Waals surface area contributed by atoms with Gasteiger partial charge < -0.3 is 0 Å². The molecule has 0 radical (unpaired) electrons. The molecule has 0 saturated heterocycles. The highest BCUT2D eigenvalue weighted by Gasteiger charge is 2.11. The van der Waals surface area contributed by atoms with Crippen molar-refractivity contribution in [1.29, 1.82) is 0 Å². The Morgan fingerprint density at radius 1 is 1.12 bits per heavy atom. The first-order chi connectivity index (χ1) is 11.8. The lowest BCUT2D eigenvalue weighted by atomic mass is 10.3. The van der Waals surface area contributed by atoms with Crippen LogP contribution in [0.3, 0.4) is 0 Å². The van der Waals surface area contributed by atoms with E-state index in [9.17, 15) is 4.79 Å². The predicted molar refractivity (Wildman–Crippen MR) is 93.1 cm³/mol. The van der Waals surface area contributed by atoms with Crippen LogP contribution in [0.2, 0.25) is 0 Å². The minimum absolute atomic E-state index is 0.143. The van der Waals surface area contributed by atoms with E-state index in [4.69, 9.17) is 0 Å². The molecule has 0 fully saturated rings. The molecule has 0 aliphatic rings. The standard InChI is InChI=1S/C17H13N5OS/c23-16(21-22-11-19-13-5-1-2-7-15(13)22)9-12-10-24-17(20-12)14-6-3-4-8-18-14/h1-8,10-11H,9H2,(H,21,23). The van der Waals surface area contributed by atoms with E-state index < -0.39 is 0 Å². The van der Waals surface area contributed by atoms with E-state index in [-0.39, 0.29) is 12.3 Å². The summed E-state index contributed by atoms with van der Waals surface area (Å²) in [5.74, 6) is -0.143. The van der Waals surface area contributed by atoms with Crippen molar-refractivity contribution in [2.75, 3.05) is 5.43 Å². The third kappa shape index (κ3) is 2.89. The number of pyridine rings is 1. The number of rotatable bonds is 4. The fourth-order valence-electron chi connectivity index (χ4n) is 2.38. The highest BCUT2D eigenvalue weighted by molar-refractivity contribution is 7.13. The van der Waals surface area contributed by atoms with Crippen molar-refractivity contribution in [3.8, 4) is 10.7 Å². The average molecular weight is 335 g/mol. The highest BCUT2D eigenvalue weighted by Crippen LogP contribution is 2.21. The molecule has 3 aromatic heterocycles. The van der Waals surface area contributed by atoms with Gasteiger partial charge >= 0.3 is 0 Å². The zero-order valence-electron chi connectivity index (χ0n) is 12.6. The number of nitrogens with zero attached hydrogens (tertiary/aromatic N) is 4. The SMILES string of the molecule is O=C(Cc1csc(-c2ccccn2)n1)Nn1cnc2ccccc21. The average Bonchev–Trinajstić information content (AvgIpc) is 3.23. The molecule has 0 unspecified atom stereocenters. The Morgan fingerprint density at radius 2 is 2.00 bits per heavy atom. The van der Waals surface area contributed by atoms with Gasteiger partial charge in [0.25, 0.3) is 0 Å². The van der Waals surface area contributed by atoms with E-state index in [1.165, 1.54) is 11.3 Å². The van der Waals surface area contributed by atoms with Crippen molar-refractivity contribution < 1.29 is 4.79 Å². The summed E-state index contributed by atoms with van der Waals surface area (Å²) in [7, 11) is 0. The lowest BCUT2D eigenvalue weighted by Crippen LogP contribution is -2.23. The van der Waals surface area contributed by atoms with Gasteiger partial charge in [-0.05, 0) is 24.3 Å². The number of carbonyl (C=O) groups is 1. The quantitative estimate of drug-likeness (QED) is 0.622. The summed E-state index contributed by atoms with van der Waals surface area (Å²) in [6, 6.07) is 13.3. The van der Waals surface area contributed by atoms with Crippen LogP contribution in [0.25, 0.3) is 21.7 Å². The molecule has 1 aromatic carbocycles. The van der Waals surface area contributed by atoms with Crippen molar-refractivity contribution in [2.45, 2.75) is 6.42 Å². The zero-order chi connectivity index (χ0) is 16.4. The summed E-state index contributed by atoms with van der Waals surface area (Å²) in [6.07, 6.45) is 3.53. The zero-order valence-corrected chi connectivity index (χ0v) is 13.4. The van der Waals surface area contributed by atoms with Crippen LogP contribution in [0.15, 0.2) is 60.4 Å². The summed E-state index contributed by atoms with van der Waals surface area (Å²) in [6.45, 7) is 0. The van der Waals surface area contributed by atoms with E-state index in [1.54, 1.807) is 17.2 Å². The molecule has 7 heteroatoms. The molecule has 0 saturated carbocycles. The Labute approximate surface area is 141 Å². The molecule has 118 valence electrons. The van der Waals surface area contributed by atoms with Gasteiger partial charge in [0, 0.05) is 11.6 Å². The van der Waals surface area contributed by atoms with E-state index >= 15 is 0 Å². The molecule has 0 spiro atoms. The van der Waals surface area contributed by atoms with Gasteiger partial charge in [-0.3, -0.25) is 15.2 Å². The van der Waals surface area contributed by atoms with Crippen LogP contribution in [-0.2, 0) is 11.2 Å². The summed E-state index contributed by atoms with van der Waals surface area (Å²) < 4.78 is 1.63. The number of fused-ring (bicyclic) bond motifs is 1. The number of nitrogens with one attached hydrogen (secondary N) is 1. The molecule has 4 aromatic rings. The van der Waals surface area contributed by atoms with Gasteiger partial charge in [0.05, 0.1) is 28.8 Å². The Balaban J connectivity index is 1.48. The van der Waals surface area contributed by atoms with Crippen LogP contribution in [0.1, 0.15) is 5.69 Å². The number of para-hydroxylation sites is 2. The molecule has 1 N–H and O–H groups in total. The minimum Gasteiger partial charge on any atom is -0.273 e. The molecule has 6 nitrogen and oxygen atoms in total. The summed E-state index contributed by atoms with van der Waals surface area (Å²) in [5.41, 5.74) is 6.06. The largest absolute Gasteiger partial charge is 0.273 e. The smallest absolute Gasteiger partial charge is 0.244 e. The third-order valence-electron chi connectivity index (χ3n) is 3.48. The number of hydrogen-bond acceptors (Lipinski definition) is 5. The first-order valence-electron chi connectivity index (χ1n) is 7.37. The molecular weight excluding hydrogens is 322 g/mol. The predicted octanol–water partition coefficient (Wildman–Crippen LogP) is 2.87. The van der Waals surface area contributed by atoms with Gasteiger partial charge in [0.15, 0.2) is 0 Å². The van der Waals surface area contributed by atoms with Crippen molar-refractivity contribution in [3.63, 3.8) is 0 Å². The minimum atomic E-state index is -0.143. The maximum absolute atomic E-state index is 12.3. The van der Waals surface area contributed by atoms with Gasteiger partial charge in [0.2, 0.25) is 5.91 Å². The Hall–Kier alpha value is -3.06. The maximum Gasteiger partial charge on any atom is 0.244 e. The van der Waals surface area contributed by atoms with Crippen LogP contribution >= 0.6 is 11.3 Å². The second-order valence-corrected chi connectivity index (χ2v) is 6.03. The van der Waals surface area contributed by atoms with Gasteiger partial charge in [0.1, 0.15) is 11.3 Å². The number of aromatic nitrogens is 4. The van der Waals surface area contributed by atoms with Crippen molar-refractivity contribution in [3.05, 3.63) is 66.1 Å². The van der Waals surface area contributed by atoms with Gasteiger partial charge in [-0.1, -0.05) is 18.2 Å². The van der Waals surface area contributed by atoms with Gasteiger partial charge in [-0.25, -0.2) is 14.6 Å². The second kappa shape index (κ2) is 6.21. The molecule has 0 aliphatic carbocycles. The molecule has 1 amide bonds. The first kappa shape index (κ1) is 14.5. The molecule has 0 atom stereocenters. The number of thiazole rings is 1. The Bertz CT molecular complexity index is 992. The summed E-state index contributed by atoms with van der Waals surface area (Å²) in [4.78, 5) is 25.3. The Kier molecular flexibility index (Phi) is 3.76. The van der Waals surface area contributed by atoms with Crippen LogP contribution < -0.4 is 5.43 Å². The van der Waals surface area contributed by atoms with Crippen LogP contribution in [0.5, 0.6) is 0 Å². The van der Waals surface area contributed by atoms with Crippen molar-refractivity contribution in [2.24, 2.45) is 0 Å². The number of imidazole rings is 1. The Morgan fingerprint density at radius 3 is 2.88 bits per heavy atom. The highest BCUT2D eigenvalue weighted by atomic mass is 32.1. The molecule has 3 heterocycles. The molecule has 24 heavy (non-hydrogen) atoms.